The number of carbonyl (C=O) groups excluding carboxylic acids is 2. The number of carbonyl (C=O) groups is 2. The van der Waals surface area contributed by atoms with E-state index in [-0.39, 0.29) is 30.2 Å². The third-order valence-corrected chi connectivity index (χ3v) is 6.66. The van der Waals surface area contributed by atoms with Crippen LogP contribution in [0, 0.1) is 0 Å². The second kappa shape index (κ2) is 40.6. The van der Waals surface area contributed by atoms with E-state index in [0.29, 0.717) is 0 Å². The van der Waals surface area contributed by atoms with Gasteiger partial charge in [-0.15, -0.1) is 0 Å². The molecule has 0 unspecified atom stereocenters. The van der Waals surface area contributed by atoms with Gasteiger partial charge in [-0.3, -0.25) is 0 Å². The fourth-order valence-electron chi connectivity index (χ4n) is 4.16. The number of unbranched alkanes of at least 4 members (excludes halogenated alkanes) is 16. The minimum Gasteiger partial charge on any atom is -0.550 e. The number of aliphatic carboxylic acids is 2. The van der Waals surface area contributed by atoms with Crippen LogP contribution in [0.25, 0.3) is 0 Å². The molecule has 0 aliphatic heterocycles. The summed E-state index contributed by atoms with van der Waals surface area (Å²) in [6.07, 6.45) is 43.9. The first kappa shape index (κ1) is 43.9. The molecular weight excluding hydrogens is 523 g/mol. The Morgan fingerprint density at radius 3 is 0.976 bits per heavy atom. The number of hydrogen-bond acceptors (Lipinski definition) is 4. The molecule has 41 heavy (non-hydrogen) atoms. The van der Waals surface area contributed by atoms with Crippen LogP contribution >= 0.6 is 0 Å². The lowest BCUT2D eigenvalue weighted by Crippen LogP contribution is -2.21. The van der Waals surface area contributed by atoms with Crippen molar-refractivity contribution in [1.82, 2.24) is 0 Å². The van der Waals surface area contributed by atoms with E-state index >= 15 is 0 Å². The lowest BCUT2D eigenvalue weighted by atomic mass is 10.1. The summed E-state index contributed by atoms with van der Waals surface area (Å²) in [7, 11) is 0. The second-order valence-corrected chi connectivity index (χ2v) is 10.7. The van der Waals surface area contributed by atoms with Crippen molar-refractivity contribution in [3.8, 4) is 0 Å². The maximum absolute atomic E-state index is 10.2. The molecular formula is C36H62AlO4-2. The van der Waals surface area contributed by atoms with E-state index in [1.807, 2.05) is 0 Å². The smallest absolute Gasteiger partial charge is 0.0414 e. The molecule has 0 rings (SSSR count). The van der Waals surface area contributed by atoms with E-state index in [2.05, 4.69) is 62.5 Å². The van der Waals surface area contributed by atoms with E-state index in [1.54, 1.807) is 0 Å². The van der Waals surface area contributed by atoms with Gasteiger partial charge in [-0.25, -0.2) is 0 Å². The average Bonchev–Trinajstić information content (AvgIpc) is 2.93. The molecule has 0 amide bonds. The van der Waals surface area contributed by atoms with E-state index in [9.17, 15) is 19.8 Å². The van der Waals surface area contributed by atoms with Gasteiger partial charge in [0.05, 0.1) is 0 Å². The van der Waals surface area contributed by atoms with Gasteiger partial charge in [-0.05, 0) is 89.9 Å². The fourth-order valence-corrected chi connectivity index (χ4v) is 4.16. The van der Waals surface area contributed by atoms with Gasteiger partial charge in [0.25, 0.3) is 0 Å². The first-order valence-corrected chi connectivity index (χ1v) is 16.5. The summed E-state index contributed by atoms with van der Waals surface area (Å²) in [5.41, 5.74) is 0. The monoisotopic (exact) mass is 585 g/mol. The molecule has 0 saturated heterocycles. The van der Waals surface area contributed by atoms with Crippen LogP contribution in [0.1, 0.15) is 168 Å². The Bertz CT molecular complexity index is 596. The lowest BCUT2D eigenvalue weighted by Gasteiger charge is -2.01. The Kier molecular flexibility index (Phi) is 43.4. The molecule has 235 valence electrons. The van der Waals surface area contributed by atoms with Crippen molar-refractivity contribution in [2.75, 3.05) is 0 Å². The highest BCUT2D eigenvalue weighted by molar-refractivity contribution is 5.75. The fraction of sp³-hybridized carbons (Fsp3) is 0.722. The van der Waals surface area contributed by atoms with Gasteiger partial charge in [-0.1, -0.05) is 127 Å². The van der Waals surface area contributed by atoms with Crippen LogP contribution in [-0.2, 0) is 9.59 Å². The van der Waals surface area contributed by atoms with E-state index in [0.717, 1.165) is 64.2 Å². The van der Waals surface area contributed by atoms with E-state index in [1.165, 1.54) is 77.0 Å². The van der Waals surface area contributed by atoms with E-state index < -0.39 is 11.9 Å². The summed E-state index contributed by atoms with van der Waals surface area (Å²) in [4.78, 5) is 20.4. The van der Waals surface area contributed by atoms with Crippen molar-refractivity contribution in [2.45, 2.75) is 168 Å². The van der Waals surface area contributed by atoms with Crippen molar-refractivity contribution in [3.05, 3.63) is 48.6 Å². The lowest BCUT2D eigenvalue weighted by molar-refractivity contribution is -0.307. The molecule has 0 bridgehead atoms. The highest BCUT2D eigenvalue weighted by Gasteiger charge is 1.92. The molecule has 0 heterocycles. The minimum atomic E-state index is -0.921. The molecule has 0 saturated carbocycles. The third-order valence-electron chi connectivity index (χ3n) is 6.66. The zero-order valence-electron chi connectivity index (χ0n) is 26.8. The number of carboxylic acid groups (broad SMARTS) is 2. The molecule has 3 radical (unpaired) electrons. The maximum atomic E-state index is 10.2. The zero-order valence-corrected chi connectivity index (χ0v) is 28.0. The van der Waals surface area contributed by atoms with E-state index in [4.69, 9.17) is 0 Å². The molecule has 0 aromatic rings. The van der Waals surface area contributed by atoms with Crippen molar-refractivity contribution < 1.29 is 19.8 Å². The third kappa shape index (κ3) is 48.5. The van der Waals surface area contributed by atoms with Crippen molar-refractivity contribution in [3.63, 3.8) is 0 Å². The summed E-state index contributed by atoms with van der Waals surface area (Å²) in [6.45, 7) is 4.46. The Morgan fingerprint density at radius 2 is 0.683 bits per heavy atom. The number of rotatable bonds is 28. The summed E-state index contributed by atoms with van der Waals surface area (Å²) >= 11 is 0. The van der Waals surface area contributed by atoms with Crippen molar-refractivity contribution >= 4 is 29.3 Å². The van der Waals surface area contributed by atoms with Crippen molar-refractivity contribution in [2.24, 2.45) is 0 Å². The highest BCUT2D eigenvalue weighted by Crippen LogP contribution is 2.09. The summed E-state index contributed by atoms with van der Waals surface area (Å²) in [5, 5.41) is 20.4. The van der Waals surface area contributed by atoms with Gasteiger partial charge in [0, 0.05) is 29.3 Å². The van der Waals surface area contributed by atoms with Gasteiger partial charge < -0.3 is 19.8 Å². The van der Waals surface area contributed by atoms with Crippen LogP contribution in [0.4, 0.5) is 0 Å². The molecule has 0 spiro atoms. The molecule has 4 nitrogen and oxygen atoms in total. The number of carboxylic acids is 2. The predicted molar refractivity (Wildman–Crippen MR) is 174 cm³/mol. The first-order valence-electron chi connectivity index (χ1n) is 16.5. The Balaban J connectivity index is -0.000000688. The van der Waals surface area contributed by atoms with Crippen LogP contribution in [-0.4, -0.2) is 29.3 Å². The molecule has 0 N–H and O–H groups in total. The number of hydrogen-bond donors (Lipinski definition) is 0. The molecule has 0 aliphatic carbocycles. The van der Waals surface area contributed by atoms with Gasteiger partial charge in [0.1, 0.15) is 0 Å². The normalized spacial score (nSPS) is 11.4. The van der Waals surface area contributed by atoms with Gasteiger partial charge >= 0.3 is 0 Å². The molecule has 0 aliphatic rings. The topological polar surface area (TPSA) is 80.3 Å². The van der Waals surface area contributed by atoms with Crippen LogP contribution in [0.5, 0.6) is 0 Å². The molecule has 0 fully saturated rings. The highest BCUT2D eigenvalue weighted by atomic mass is 27.0. The molecule has 5 heteroatoms. The summed E-state index contributed by atoms with van der Waals surface area (Å²) in [5.74, 6) is -1.84. The van der Waals surface area contributed by atoms with Gasteiger partial charge in [-0.2, -0.15) is 0 Å². The Labute approximate surface area is 265 Å². The first-order chi connectivity index (χ1) is 19.5. The number of allylic oxidation sites excluding steroid dienone is 8. The quantitative estimate of drug-likeness (QED) is 0.0522. The van der Waals surface area contributed by atoms with Crippen LogP contribution in [0.3, 0.4) is 0 Å². The SMILES string of the molecule is CCCCCC=CCC=CCCCCCCCC(=O)[O-].CCCCCC=CCC=CCCCCCCCC(=O)[O-].[Al]. The summed E-state index contributed by atoms with van der Waals surface area (Å²) in [6, 6.07) is 0. The standard InChI is InChI=1S/2C18H32O2.Al/c2*1-2-3-4-5-6-7-8-9-10-11-12-13-14-15-16-17-18(19)20;/h2*6-7,9-10H,2-5,8,11-17H2,1H3,(H,19,20);/p-2. The second-order valence-electron chi connectivity index (χ2n) is 10.7. The zero-order chi connectivity index (χ0) is 29.8. The van der Waals surface area contributed by atoms with Gasteiger partial charge in [0.2, 0.25) is 0 Å². The average molecular weight is 586 g/mol. The molecule has 0 atom stereocenters. The molecule has 0 aromatic carbocycles. The van der Waals surface area contributed by atoms with Crippen LogP contribution in [0.2, 0.25) is 0 Å². The van der Waals surface area contributed by atoms with Crippen molar-refractivity contribution in [1.29, 1.82) is 0 Å². The van der Waals surface area contributed by atoms with Crippen LogP contribution < -0.4 is 10.2 Å². The van der Waals surface area contributed by atoms with Gasteiger partial charge in [0.15, 0.2) is 0 Å². The Morgan fingerprint density at radius 1 is 0.415 bits per heavy atom. The molecule has 0 aromatic heterocycles. The Hall–Kier alpha value is -1.57. The minimum absolute atomic E-state index is 0. The largest absolute Gasteiger partial charge is 0.550 e. The predicted octanol–water partition coefficient (Wildman–Crippen LogP) is 8.72. The summed E-state index contributed by atoms with van der Waals surface area (Å²) < 4.78 is 0. The van der Waals surface area contributed by atoms with Crippen LogP contribution in [0.15, 0.2) is 48.6 Å². The maximum Gasteiger partial charge on any atom is 0.0414 e.